The summed E-state index contributed by atoms with van der Waals surface area (Å²) in [5.74, 6) is 0. The summed E-state index contributed by atoms with van der Waals surface area (Å²) in [4.78, 5) is 0. The van der Waals surface area contributed by atoms with Crippen molar-refractivity contribution >= 4 is 35.8 Å². The molecule has 0 spiro atoms. The first-order chi connectivity index (χ1) is 8.27. The quantitative estimate of drug-likeness (QED) is 0.708. The summed E-state index contributed by atoms with van der Waals surface area (Å²) >= 11 is 12.4. The van der Waals surface area contributed by atoms with Gasteiger partial charge in [0.1, 0.15) is 0 Å². The van der Waals surface area contributed by atoms with Gasteiger partial charge in [-0.25, -0.2) is 0 Å². The molecule has 0 bridgehead atoms. The number of aromatic nitrogens is 1. The number of nitrogens with zero attached hydrogens (tertiary/aromatic N) is 1. The highest BCUT2D eigenvalue weighted by atomic mass is 32.2. The molecule has 4 heteroatoms. The van der Waals surface area contributed by atoms with E-state index in [1.165, 1.54) is 17.7 Å². The van der Waals surface area contributed by atoms with Crippen molar-refractivity contribution in [2.24, 2.45) is 0 Å². The van der Waals surface area contributed by atoms with Gasteiger partial charge >= 0.3 is 0 Å². The first-order valence-corrected chi connectivity index (χ1v) is 7.24. The summed E-state index contributed by atoms with van der Waals surface area (Å²) in [5, 5.41) is 0. The minimum absolute atomic E-state index is 0.863. The van der Waals surface area contributed by atoms with Gasteiger partial charge in [0.15, 0.2) is 3.95 Å². The molecule has 0 N–H and O–H groups in total. The van der Waals surface area contributed by atoms with Gasteiger partial charge in [-0.2, -0.15) is 0 Å². The molecule has 86 valence electrons. The topological polar surface area (TPSA) is 4.93 Å². The SMILES string of the molecule is S=c1sc(=S)n(-c2ccccc2)c2c1CCC2. The number of hydrogen-bond acceptors (Lipinski definition) is 3. The summed E-state index contributed by atoms with van der Waals surface area (Å²) in [6.45, 7) is 0. The van der Waals surface area contributed by atoms with Crippen LogP contribution in [-0.2, 0) is 12.8 Å². The fourth-order valence-corrected chi connectivity index (χ4v) is 4.22. The molecule has 0 atom stereocenters. The minimum Gasteiger partial charge on any atom is -0.296 e. The van der Waals surface area contributed by atoms with Crippen molar-refractivity contribution in [3.63, 3.8) is 0 Å². The lowest BCUT2D eigenvalue weighted by Gasteiger charge is -2.12. The molecule has 0 aliphatic heterocycles. The van der Waals surface area contributed by atoms with Gasteiger partial charge in [-0.15, -0.1) is 0 Å². The van der Waals surface area contributed by atoms with Gasteiger partial charge < -0.3 is 0 Å². The van der Waals surface area contributed by atoms with Crippen LogP contribution in [0.3, 0.4) is 0 Å². The van der Waals surface area contributed by atoms with Crippen LogP contribution >= 0.6 is 35.8 Å². The van der Waals surface area contributed by atoms with Gasteiger partial charge in [0, 0.05) is 16.9 Å². The van der Waals surface area contributed by atoms with E-state index in [0.717, 1.165) is 26.3 Å². The molecule has 1 nitrogen and oxygen atoms in total. The zero-order valence-electron chi connectivity index (χ0n) is 9.18. The Morgan fingerprint density at radius 2 is 1.82 bits per heavy atom. The van der Waals surface area contributed by atoms with Crippen LogP contribution in [0.5, 0.6) is 0 Å². The smallest absolute Gasteiger partial charge is 0.167 e. The molecule has 0 radical (unpaired) electrons. The Morgan fingerprint density at radius 3 is 2.59 bits per heavy atom. The Labute approximate surface area is 114 Å². The van der Waals surface area contributed by atoms with E-state index < -0.39 is 0 Å². The van der Waals surface area contributed by atoms with E-state index in [0.29, 0.717) is 0 Å². The van der Waals surface area contributed by atoms with Crippen LogP contribution < -0.4 is 0 Å². The van der Waals surface area contributed by atoms with Crippen molar-refractivity contribution in [3.8, 4) is 5.69 Å². The maximum absolute atomic E-state index is 5.48. The molecular formula is C13H11NS3. The highest BCUT2D eigenvalue weighted by Gasteiger charge is 2.17. The number of fused-ring (bicyclic) bond motifs is 1. The molecular weight excluding hydrogens is 266 g/mol. The Morgan fingerprint density at radius 1 is 1.06 bits per heavy atom. The summed E-state index contributed by atoms with van der Waals surface area (Å²) in [6, 6.07) is 10.3. The lowest BCUT2D eigenvalue weighted by molar-refractivity contribution is 0.866. The van der Waals surface area contributed by atoms with E-state index in [-0.39, 0.29) is 0 Å². The summed E-state index contributed by atoms with van der Waals surface area (Å²) in [6.07, 6.45) is 3.38. The number of benzene rings is 1. The summed E-state index contributed by atoms with van der Waals surface area (Å²) in [7, 11) is 0. The predicted molar refractivity (Wildman–Crippen MR) is 77.3 cm³/mol. The summed E-state index contributed by atoms with van der Waals surface area (Å²) in [5.41, 5.74) is 3.81. The molecule has 0 saturated carbocycles. The normalized spacial score (nSPS) is 13.6. The average molecular weight is 277 g/mol. The Balaban J connectivity index is 2.35. The molecule has 0 unspecified atom stereocenters. The van der Waals surface area contributed by atoms with Gasteiger partial charge in [-0.1, -0.05) is 41.8 Å². The fraction of sp³-hybridized carbons (Fsp3) is 0.231. The van der Waals surface area contributed by atoms with E-state index in [4.69, 9.17) is 24.4 Å². The number of para-hydroxylation sites is 1. The molecule has 1 aliphatic rings. The van der Waals surface area contributed by atoms with E-state index in [2.05, 4.69) is 16.7 Å². The maximum atomic E-state index is 5.48. The maximum Gasteiger partial charge on any atom is 0.167 e. The van der Waals surface area contributed by atoms with Gasteiger partial charge in [-0.3, -0.25) is 4.57 Å². The molecule has 1 aliphatic carbocycles. The highest BCUT2D eigenvalue weighted by molar-refractivity contribution is 7.75. The van der Waals surface area contributed by atoms with Crippen LogP contribution in [0.1, 0.15) is 17.7 Å². The lowest BCUT2D eigenvalue weighted by Crippen LogP contribution is -2.03. The molecule has 1 aromatic heterocycles. The molecule has 3 rings (SSSR count). The molecule has 0 amide bonds. The van der Waals surface area contributed by atoms with Crippen LogP contribution in [0.15, 0.2) is 30.3 Å². The zero-order chi connectivity index (χ0) is 11.8. The monoisotopic (exact) mass is 277 g/mol. The van der Waals surface area contributed by atoms with E-state index >= 15 is 0 Å². The highest BCUT2D eigenvalue weighted by Crippen LogP contribution is 2.28. The van der Waals surface area contributed by atoms with Crippen molar-refractivity contribution in [3.05, 3.63) is 49.4 Å². The molecule has 17 heavy (non-hydrogen) atoms. The van der Waals surface area contributed by atoms with Crippen LogP contribution in [0.2, 0.25) is 0 Å². The van der Waals surface area contributed by atoms with Crippen molar-refractivity contribution < 1.29 is 0 Å². The number of hydrogen-bond donors (Lipinski definition) is 0. The molecule has 2 aromatic rings. The zero-order valence-corrected chi connectivity index (χ0v) is 11.6. The van der Waals surface area contributed by atoms with Crippen molar-refractivity contribution in [1.29, 1.82) is 0 Å². The third-order valence-corrected chi connectivity index (χ3v) is 4.80. The second-order valence-electron chi connectivity index (χ2n) is 4.11. The van der Waals surface area contributed by atoms with Crippen LogP contribution in [0.4, 0.5) is 0 Å². The van der Waals surface area contributed by atoms with E-state index in [1.54, 1.807) is 11.3 Å². The van der Waals surface area contributed by atoms with Gasteiger partial charge in [0.05, 0.1) is 3.82 Å². The molecule has 1 aromatic carbocycles. The second kappa shape index (κ2) is 4.44. The van der Waals surface area contributed by atoms with Gasteiger partial charge in [-0.05, 0) is 43.6 Å². The van der Waals surface area contributed by atoms with E-state index in [1.807, 2.05) is 18.2 Å². The Kier molecular flexibility index (Phi) is 2.94. The molecule has 0 saturated heterocycles. The summed E-state index contributed by atoms with van der Waals surface area (Å²) < 4.78 is 4.04. The minimum atomic E-state index is 0.863. The second-order valence-corrected chi connectivity index (χ2v) is 6.42. The average Bonchev–Trinajstić information content (AvgIpc) is 2.79. The Hall–Kier alpha value is -0.840. The molecule has 1 heterocycles. The van der Waals surface area contributed by atoms with E-state index in [9.17, 15) is 0 Å². The third-order valence-electron chi connectivity index (χ3n) is 3.08. The van der Waals surface area contributed by atoms with Crippen LogP contribution in [0.25, 0.3) is 5.69 Å². The van der Waals surface area contributed by atoms with Crippen molar-refractivity contribution in [2.75, 3.05) is 0 Å². The first-order valence-electron chi connectivity index (χ1n) is 5.61. The largest absolute Gasteiger partial charge is 0.296 e. The van der Waals surface area contributed by atoms with Crippen LogP contribution in [0, 0.1) is 7.78 Å². The van der Waals surface area contributed by atoms with Crippen LogP contribution in [-0.4, -0.2) is 4.57 Å². The standard InChI is InChI=1S/C13H11NS3/c15-12-10-7-4-8-11(10)14(13(16)17-12)9-5-2-1-3-6-9/h1-3,5-6H,4,7-8H2. The predicted octanol–water partition coefficient (Wildman–Crippen LogP) is 4.49. The fourth-order valence-electron chi connectivity index (χ4n) is 2.33. The van der Waals surface area contributed by atoms with Gasteiger partial charge in [0.25, 0.3) is 0 Å². The first kappa shape index (κ1) is 11.3. The van der Waals surface area contributed by atoms with Crippen molar-refractivity contribution in [2.45, 2.75) is 19.3 Å². The lowest BCUT2D eigenvalue weighted by atomic mass is 10.2. The number of rotatable bonds is 1. The van der Waals surface area contributed by atoms with Gasteiger partial charge in [0.2, 0.25) is 0 Å². The Bertz CT molecular complexity index is 667. The molecule has 0 fully saturated rings. The third kappa shape index (κ3) is 1.90. The van der Waals surface area contributed by atoms with Crippen molar-refractivity contribution in [1.82, 2.24) is 4.57 Å².